The molecule has 2 rings (SSSR count). The van der Waals surface area contributed by atoms with E-state index in [4.69, 9.17) is 0 Å². The second-order valence-corrected chi connectivity index (χ2v) is 2.92. The summed E-state index contributed by atoms with van der Waals surface area (Å²) in [6.45, 7) is 4.27. The highest BCUT2D eigenvalue weighted by Crippen LogP contribution is 2.08. The number of anilines is 1. The van der Waals surface area contributed by atoms with Crippen molar-refractivity contribution in [2.75, 3.05) is 31.1 Å². The standard InChI is InChI=1S/C9H13N3.3ClH/c1-2-4-11-9(3-1)12-7-5-10-6-8-12;;;/h1-4,10H,5-8H2;3*1H. The van der Waals surface area contributed by atoms with E-state index in [1.165, 1.54) is 0 Å². The molecule has 15 heavy (non-hydrogen) atoms. The van der Waals surface area contributed by atoms with Crippen molar-refractivity contribution >= 4 is 43.0 Å². The van der Waals surface area contributed by atoms with Gasteiger partial charge in [0.15, 0.2) is 0 Å². The van der Waals surface area contributed by atoms with E-state index >= 15 is 0 Å². The monoisotopic (exact) mass is 271 g/mol. The summed E-state index contributed by atoms with van der Waals surface area (Å²) in [6, 6.07) is 6.04. The first-order valence-electron chi connectivity index (χ1n) is 4.33. The largest absolute Gasteiger partial charge is 0.354 e. The lowest BCUT2D eigenvalue weighted by Crippen LogP contribution is -2.43. The van der Waals surface area contributed by atoms with E-state index in [9.17, 15) is 0 Å². The number of nitrogens with one attached hydrogen (secondary N) is 1. The summed E-state index contributed by atoms with van der Waals surface area (Å²) in [5.41, 5.74) is 0. The molecule has 1 aromatic rings. The Kier molecular flexibility index (Phi) is 10.4. The van der Waals surface area contributed by atoms with Crippen LogP contribution in [0, 0.1) is 0 Å². The van der Waals surface area contributed by atoms with Crippen LogP contribution in [-0.4, -0.2) is 31.2 Å². The number of pyridine rings is 1. The fourth-order valence-electron chi connectivity index (χ4n) is 1.43. The Balaban J connectivity index is 0. The van der Waals surface area contributed by atoms with Crippen molar-refractivity contribution < 1.29 is 0 Å². The summed E-state index contributed by atoms with van der Waals surface area (Å²) in [5, 5.41) is 3.32. The van der Waals surface area contributed by atoms with Crippen LogP contribution in [0.3, 0.4) is 0 Å². The van der Waals surface area contributed by atoms with Gasteiger partial charge in [-0.3, -0.25) is 0 Å². The van der Waals surface area contributed by atoms with Crippen molar-refractivity contribution in [1.82, 2.24) is 10.3 Å². The van der Waals surface area contributed by atoms with Crippen LogP contribution < -0.4 is 10.2 Å². The van der Waals surface area contributed by atoms with Crippen molar-refractivity contribution in [2.24, 2.45) is 0 Å². The van der Waals surface area contributed by atoms with E-state index in [1.807, 2.05) is 18.3 Å². The number of nitrogens with zero attached hydrogens (tertiary/aromatic N) is 2. The topological polar surface area (TPSA) is 28.2 Å². The van der Waals surface area contributed by atoms with Crippen molar-refractivity contribution in [2.45, 2.75) is 0 Å². The Hall–Kier alpha value is -0.220. The maximum atomic E-state index is 4.30. The first-order chi connectivity index (χ1) is 5.97. The molecule has 0 aliphatic carbocycles. The molecular formula is C9H16Cl3N3. The zero-order chi connectivity index (χ0) is 8.23. The van der Waals surface area contributed by atoms with Gasteiger partial charge in [-0.1, -0.05) is 6.07 Å². The van der Waals surface area contributed by atoms with Gasteiger partial charge in [0.25, 0.3) is 0 Å². The highest BCUT2D eigenvalue weighted by atomic mass is 35.5. The molecule has 0 amide bonds. The van der Waals surface area contributed by atoms with E-state index in [2.05, 4.69) is 21.3 Å². The molecule has 1 saturated heterocycles. The van der Waals surface area contributed by atoms with Crippen LogP contribution in [-0.2, 0) is 0 Å². The van der Waals surface area contributed by atoms with Crippen molar-refractivity contribution in [1.29, 1.82) is 0 Å². The number of hydrogen-bond acceptors (Lipinski definition) is 3. The van der Waals surface area contributed by atoms with Gasteiger partial charge >= 0.3 is 0 Å². The normalized spacial score (nSPS) is 14.3. The molecule has 1 N–H and O–H groups in total. The molecule has 0 unspecified atom stereocenters. The summed E-state index contributed by atoms with van der Waals surface area (Å²) in [5.74, 6) is 1.10. The minimum atomic E-state index is 0. The second-order valence-electron chi connectivity index (χ2n) is 2.92. The molecule has 1 aliphatic heterocycles. The SMILES string of the molecule is Cl.Cl.Cl.c1ccc(N2CCNCC2)nc1. The second kappa shape index (κ2) is 9.04. The molecule has 88 valence electrons. The third-order valence-corrected chi connectivity index (χ3v) is 2.09. The van der Waals surface area contributed by atoms with Gasteiger partial charge in [0, 0.05) is 32.4 Å². The van der Waals surface area contributed by atoms with Crippen molar-refractivity contribution in [3.63, 3.8) is 0 Å². The van der Waals surface area contributed by atoms with Crippen LogP contribution in [0.1, 0.15) is 0 Å². The predicted molar refractivity (Wildman–Crippen MR) is 71.1 cm³/mol. The Morgan fingerprint density at radius 3 is 2.27 bits per heavy atom. The summed E-state index contributed by atoms with van der Waals surface area (Å²) in [6.07, 6.45) is 1.84. The van der Waals surface area contributed by atoms with Gasteiger partial charge in [0.1, 0.15) is 5.82 Å². The lowest BCUT2D eigenvalue weighted by Gasteiger charge is -2.28. The molecule has 0 atom stereocenters. The van der Waals surface area contributed by atoms with Crippen LogP contribution in [0.2, 0.25) is 0 Å². The van der Waals surface area contributed by atoms with E-state index in [-0.39, 0.29) is 37.2 Å². The van der Waals surface area contributed by atoms with Gasteiger partial charge in [-0.2, -0.15) is 0 Å². The van der Waals surface area contributed by atoms with Gasteiger partial charge in [0.05, 0.1) is 0 Å². The Bertz CT molecular complexity index is 240. The third kappa shape index (κ3) is 4.89. The van der Waals surface area contributed by atoms with Crippen molar-refractivity contribution in [3.8, 4) is 0 Å². The molecule has 0 radical (unpaired) electrons. The minimum Gasteiger partial charge on any atom is -0.354 e. The first kappa shape index (κ1) is 17.2. The quantitative estimate of drug-likeness (QED) is 0.844. The first-order valence-corrected chi connectivity index (χ1v) is 4.33. The van der Waals surface area contributed by atoms with E-state index in [1.54, 1.807) is 0 Å². The molecule has 0 bridgehead atoms. The molecule has 0 spiro atoms. The Morgan fingerprint density at radius 1 is 1.07 bits per heavy atom. The average Bonchev–Trinajstić information content (AvgIpc) is 2.21. The van der Waals surface area contributed by atoms with Crippen LogP contribution in [0.4, 0.5) is 5.82 Å². The summed E-state index contributed by atoms with van der Waals surface area (Å²) in [7, 11) is 0. The number of aromatic nitrogens is 1. The zero-order valence-corrected chi connectivity index (χ0v) is 10.7. The van der Waals surface area contributed by atoms with Gasteiger partial charge in [-0.05, 0) is 12.1 Å². The number of piperazine rings is 1. The lowest BCUT2D eigenvalue weighted by atomic mass is 10.3. The number of halogens is 3. The van der Waals surface area contributed by atoms with E-state index in [0.717, 1.165) is 32.0 Å². The van der Waals surface area contributed by atoms with Gasteiger partial charge in [-0.15, -0.1) is 37.2 Å². The third-order valence-electron chi connectivity index (χ3n) is 2.09. The Morgan fingerprint density at radius 2 is 1.73 bits per heavy atom. The van der Waals surface area contributed by atoms with Gasteiger partial charge < -0.3 is 10.2 Å². The van der Waals surface area contributed by atoms with E-state index in [0.29, 0.717) is 0 Å². The van der Waals surface area contributed by atoms with Crippen molar-refractivity contribution in [3.05, 3.63) is 24.4 Å². The minimum absolute atomic E-state index is 0. The summed E-state index contributed by atoms with van der Waals surface area (Å²) < 4.78 is 0. The highest BCUT2D eigenvalue weighted by Gasteiger charge is 2.09. The molecule has 3 nitrogen and oxygen atoms in total. The predicted octanol–water partition coefficient (Wildman–Crippen LogP) is 1.76. The molecule has 0 saturated carbocycles. The Labute approximate surface area is 109 Å². The summed E-state index contributed by atoms with van der Waals surface area (Å²) >= 11 is 0. The van der Waals surface area contributed by atoms with Gasteiger partial charge in [-0.25, -0.2) is 4.98 Å². The molecular weight excluding hydrogens is 256 g/mol. The van der Waals surface area contributed by atoms with Crippen LogP contribution in [0.5, 0.6) is 0 Å². The van der Waals surface area contributed by atoms with E-state index < -0.39 is 0 Å². The molecule has 1 aromatic heterocycles. The lowest BCUT2D eigenvalue weighted by molar-refractivity contribution is 0.585. The maximum Gasteiger partial charge on any atom is 0.128 e. The molecule has 1 fully saturated rings. The fourth-order valence-corrected chi connectivity index (χ4v) is 1.43. The number of hydrogen-bond donors (Lipinski definition) is 1. The number of rotatable bonds is 1. The molecule has 6 heteroatoms. The van der Waals surface area contributed by atoms with Gasteiger partial charge in [0.2, 0.25) is 0 Å². The smallest absolute Gasteiger partial charge is 0.128 e. The fraction of sp³-hybridized carbons (Fsp3) is 0.444. The summed E-state index contributed by atoms with van der Waals surface area (Å²) in [4.78, 5) is 6.60. The molecule has 2 heterocycles. The zero-order valence-electron chi connectivity index (χ0n) is 8.26. The molecule has 1 aliphatic rings. The van der Waals surface area contributed by atoms with Crippen LogP contribution >= 0.6 is 37.2 Å². The molecule has 0 aromatic carbocycles. The van der Waals surface area contributed by atoms with Crippen LogP contribution in [0.25, 0.3) is 0 Å². The highest BCUT2D eigenvalue weighted by molar-refractivity contribution is 5.86. The maximum absolute atomic E-state index is 4.30. The van der Waals surface area contributed by atoms with Crippen LogP contribution in [0.15, 0.2) is 24.4 Å². The average molecular weight is 273 g/mol.